The van der Waals surface area contributed by atoms with E-state index in [-0.39, 0.29) is 21.4 Å². The van der Waals surface area contributed by atoms with Crippen LogP contribution in [0, 0.1) is 0 Å². The first kappa shape index (κ1) is 41.1. The normalized spacial score (nSPS) is 13.3. The molecular weight excluding hydrogens is 806 g/mol. The maximum atomic E-state index is 9.30. The quantitative estimate of drug-likeness (QED) is 0.104. The van der Waals surface area contributed by atoms with Gasteiger partial charge >= 0.3 is 7.12 Å². The molecule has 2 aliphatic rings. The Morgan fingerprint density at radius 2 is 0.817 bits per heavy atom. The topological polar surface area (TPSA) is 92.0 Å². The maximum absolute atomic E-state index is 9.30. The van der Waals surface area contributed by atoms with Crippen LogP contribution >= 0.6 is 34.8 Å². The second-order valence-electron chi connectivity index (χ2n) is 15.8. The molecule has 2 N–H and O–H groups in total. The molecule has 0 amide bonds. The number of nitrogens with zero attached hydrogens (tertiary/aromatic N) is 4. The fraction of sp³-hybridized carbons (Fsp3) is 0.120. The second kappa shape index (κ2) is 16.8. The molecule has 0 saturated heterocycles. The first-order valence-corrected chi connectivity index (χ1v) is 20.7. The predicted molar refractivity (Wildman–Crippen MR) is 247 cm³/mol. The van der Waals surface area contributed by atoms with Gasteiger partial charge in [0.1, 0.15) is 5.15 Å². The van der Waals surface area contributed by atoms with E-state index in [0.717, 1.165) is 39.3 Å². The summed E-state index contributed by atoms with van der Waals surface area (Å²) in [5.74, 6) is 0. The Hall–Kier alpha value is -5.67. The Morgan fingerprint density at radius 1 is 0.400 bits per heavy atom. The highest BCUT2D eigenvalue weighted by Gasteiger charge is 2.36. The fourth-order valence-corrected chi connectivity index (χ4v) is 8.81. The number of hydrogen-bond acceptors (Lipinski definition) is 6. The van der Waals surface area contributed by atoms with Crippen LogP contribution in [0.1, 0.15) is 49.9 Å². The second-order valence-corrected chi connectivity index (χ2v) is 16.8. The van der Waals surface area contributed by atoms with Crippen molar-refractivity contribution < 1.29 is 10.0 Å². The van der Waals surface area contributed by atoms with E-state index in [9.17, 15) is 10.0 Å². The van der Waals surface area contributed by atoms with Gasteiger partial charge in [0.15, 0.2) is 0 Å². The van der Waals surface area contributed by atoms with E-state index in [0.29, 0.717) is 10.6 Å². The van der Waals surface area contributed by atoms with Gasteiger partial charge in [0.2, 0.25) is 10.6 Å². The SMILES string of the molecule is CC1(C)c2ccccc2-c2ccc(-c3cc(-c4ccccc4)nc(Cl)n3)cc21.CC1(C)c2ccccc2-c2ccc(B(O)O)cc21.Clc1cc(-c2ccccc2)nc(Cl)n1. The van der Waals surface area contributed by atoms with Crippen molar-refractivity contribution >= 4 is 47.4 Å². The summed E-state index contributed by atoms with van der Waals surface area (Å²) in [4.78, 5) is 16.8. The molecule has 8 aromatic rings. The van der Waals surface area contributed by atoms with Gasteiger partial charge in [-0.25, -0.2) is 19.9 Å². The van der Waals surface area contributed by atoms with Gasteiger partial charge in [0, 0.05) is 33.6 Å². The minimum absolute atomic E-state index is 0.0407. The van der Waals surface area contributed by atoms with Crippen LogP contribution in [-0.4, -0.2) is 37.1 Å². The molecule has 2 aromatic heterocycles. The summed E-state index contributed by atoms with van der Waals surface area (Å²) in [6, 6.07) is 52.7. The van der Waals surface area contributed by atoms with Crippen LogP contribution in [0.4, 0.5) is 0 Å². The maximum Gasteiger partial charge on any atom is 0.488 e. The van der Waals surface area contributed by atoms with Crippen molar-refractivity contribution in [3.8, 4) is 56.0 Å². The highest BCUT2D eigenvalue weighted by molar-refractivity contribution is 6.58. The molecule has 0 saturated carbocycles. The number of benzene rings is 6. The molecule has 0 bridgehead atoms. The van der Waals surface area contributed by atoms with E-state index in [1.807, 2.05) is 91.0 Å². The lowest BCUT2D eigenvalue weighted by molar-refractivity contribution is 0.425. The third-order valence-corrected chi connectivity index (χ3v) is 11.8. The van der Waals surface area contributed by atoms with E-state index in [1.165, 1.54) is 38.9 Å². The molecule has 0 unspecified atom stereocenters. The van der Waals surface area contributed by atoms with Gasteiger partial charge in [0.25, 0.3) is 0 Å². The predicted octanol–water partition coefficient (Wildman–Crippen LogP) is 11.9. The molecule has 10 heteroatoms. The van der Waals surface area contributed by atoms with Gasteiger partial charge in [-0.05, 0) is 85.3 Å². The van der Waals surface area contributed by atoms with Crippen molar-refractivity contribution in [1.82, 2.24) is 19.9 Å². The van der Waals surface area contributed by atoms with Gasteiger partial charge in [-0.3, -0.25) is 0 Å². The van der Waals surface area contributed by atoms with Gasteiger partial charge in [0.05, 0.1) is 17.1 Å². The summed E-state index contributed by atoms with van der Waals surface area (Å²) >= 11 is 17.7. The fourth-order valence-electron chi connectivity index (χ4n) is 8.22. The zero-order valence-corrected chi connectivity index (χ0v) is 35.7. The summed E-state index contributed by atoms with van der Waals surface area (Å²) < 4.78 is 0. The summed E-state index contributed by atoms with van der Waals surface area (Å²) in [6.07, 6.45) is 0. The standard InChI is InChI=1S/C25H19ClN2.C15H15BO2.C10H6Cl2N2/c1-25(2)20-11-7-6-10-18(20)19-13-12-17(14-21(19)25)23-15-22(27-24(26)28-23)16-8-4-3-5-9-16;1-15(2)13-6-4-3-5-11(13)12-8-7-10(16(17)18)9-14(12)15;11-9-6-8(13-10(12)14-9)7-4-2-1-3-5-7/h3-15H,1-2H3;3-9,17-18H,1-2H3;1-6H. The zero-order chi connectivity index (χ0) is 42.2. The van der Waals surface area contributed by atoms with E-state index in [1.54, 1.807) is 12.1 Å². The number of aromatic nitrogens is 4. The third-order valence-electron chi connectivity index (χ3n) is 11.3. The Labute approximate surface area is 365 Å². The van der Waals surface area contributed by atoms with Crippen molar-refractivity contribution in [2.24, 2.45) is 0 Å². The average Bonchev–Trinajstić information content (AvgIpc) is 3.63. The van der Waals surface area contributed by atoms with Gasteiger partial charge in [-0.15, -0.1) is 0 Å². The van der Waals surface area contributed by atoms with Crippen molar-refractivity contribution in [3.63, 3.8) is 0 Å². The van der Waals surface area contributed by atoms with Gasteiger partial charge in [-0.2, -0.15) is 0 Å². The van der Waals surface area contributed by atoms with Crippen molar-refractivity contribution in [1.29, 1.82) is 0 Å². The molecule has 10 rings (SSSR count). The van der Waals surface area contributed by atoms with Gasteiger partial charge in [-0.1, -0.05) is 179 Å². The molecular formula is C50H40BCl3N4O2. The first-order valence-electron chi connectivity index (χ1n) is 19.5. The number of fused-ring (bicyclic) bond motifs is 6. The zero-order valence-electron chi connectivity index (χ0n) is 33.4. The lowest BCUT2D eigenvalue weighted by Crippen LogP contribution is -2.31. The molecule has 0 spiro atoms. The molecule has 2 heterocycles. The molecule has 6 aromatic carbocycles. The Morgan fingerprint density at radius 3 is 1.33 bits per heavy atom. The smallest absolute Gasteiger partial charge is 0.423 e. The van der Waals surface area contributed by atoms with Crippen molar-refractivity contribution in [2.45, 2.75) is 38.5 Å². The lowest BCUT2D eigenvalue weighted by Gasteiger charge is -2.21. The summed E-state index contributed by atoms with van der Waals surface area (Å²) in [5.41, 5.74) is 16.1. The molecule has 0 aliphatic heterocycles. The summed E-state index contributed by atoms with van der Waals surface area (Å²) in [5, 5.41) is 19.4. The van der Waals surface area contributed by atoms with Crippen LogP contribution in [0.3, 0.4) is 0 Å². The van der Waals surface area contributed by atoms with Crippen LogP contribution in [0.25, 0.3) is 56.0 Å². The Bertz CT molecular complexity index is 2830. The molecule has 2 aliphatic carbocycles. The largest absolute Gasteiger partial charge is 0.488 e. The number of hydrogen-bond donors (Lipinski definition) is 2. The average molecular weight is 846 g/mol. The van der Waals surface area contributed by atoms with Crippen molar-refractivity contribution in [3.05, 3.63) is 196 Å². The third kappa shape index (κ3) is 8.12. The minimum Gasteiger partial charge on any atom is -0.423 e. The van der Waals surface area contributed by atoms with Crippen LogP contribution in [0.2, 0.25) is 15.7 Å². The Balaban J connectivity index is 0.000000134. The first-order chi connectivity index (χ1) is 28.8. The summed E-state index contributed by atoms with van der Waals surface area (Å²) in [6.45, 7) is 8.91. The highest BCUT2D eigenvalue weighted by Crippen LogP contribution is 2.50. The number of halogens is 3. The van der Waals surface area contributed by atoms with E-state index in [2.05, 4.69) is 102 Å². The van der Waals surface area contributed by atoms with Crippen LogP contribution in [-0.2, 0) is 10.8 Å². The van der Waals surface area contributed by atoms with Crippen LogP contribution in [0.15, 0.2) is 158 Å². The molecule has 6 nitrogen and oxygen atoms in total. The molecule has 296 valence electrons. The van der Waals surface area contributed by atoms with Crippen LogP contribution < -0.4 is 5.46 Å². The molecule has 0 fully saturated rings. The minimum atomic E-state index is -1.41. The van der Waals surface area contributed by atoms with Crippen LogP contribution in [0.5, 0.6) is 0 Å². The van der Waals surface area contributed by atoms with Crippen molar-refractivity contribution in [2.75, 3.05) is 0 Å². The van der Waals surface area contributed by atoms with E-state index < -0.39 is 7.12 Å². The monoisotopic (exact) mass is 844 g/mol. The Kier molecular flexibility index (Phi) is 11.5. The molecule has 60 heavy (non-hydrogen) atoms. The van der Waals surface area contributed by atoms with E-state index in [4.69, 9.17) is 34.8 Å². The lowest BCUT2D eigenvalue weighted by atomic mass is 9.75. The molecule has 0 atom stereocenters. The molecule has 0 radical (unpaired) electrons. The number of rotatable bonds is 4. The highest BCUT2D eigenvalue weighted by atomic mass is 35.5. The van der Waals surface area contributed by atoms with E-state index >= 15 is 0 Å². The van der Waals surface area contributed by atoms with Gasteiger partial charge < -0.3 is 10.0 Å². The summed E-state index contributed by atoms with van der Waals surface area (Å²) in [7, 11) is -1.41.